The maximum absolute atomic E-state index is 9.34. The van der Waals surface area contributed by atoms with E-state index < -0.39 is 8.07 Å². The molecule has 0 bridgehead atoms. The SMILES string of the molecule is C[Si](C)(C)CCOCn1ccc2c(-c3cnn(C(CC#N)C4CCCC4)c3)ncnc21. The van der Waals surface area contributed by atoms with Gasteiger partial charge in [-0.15, -0.1) is 0 Å². The van der Waals surface area contributed by atoms with E-state index in [0.717, 1.165) is 34.9 Å². The molecule has 1 saturated carbocycles. The Hall–Kier alpha value is -2.50. The molecule has 31 heavy (non-hydrogen) atoms. The van der Waals surface area contributed by atoms with E-state index in [9.17, 15) is 5.26 Å². The van der Waals surface area contributed by atoms with E-state index in [2.05, 4.69) is 40.8 Å². The van der Waals surface area contributed by atoms with E-state index in [1.54, 1.807) is 6.33 Å². The van der Waals surface area contributed by atoms with Crippen molar-refractivity contribution in [3.05, 3.63) is 31.0 Å². The fourth-order valence-corrected chi connectivity index (χ4v) is 5.19. The van der Waals surface area contributed by atoms with E-state index >= 15 is 0 Å². The van der Waals surface area contributed by atoms with Gasteiger partial charge in [0.15, 0.2) is 0 Å². The summed E-state index contributed by atoms with van der Waals surface area (Å²) < 4.78 is 9.94. The molecule has 164 valence electrons. The lowest BCUT2D eigenvalue weighted by molar-refractivity contribution is 0.0899. The largest absolute Gasteiger partial charge is 0.361 e. The van der Waals surface area contributed by atoms with E-state index in [1.165, 1.54) is 25.7 Å². The van der Waals surface area contributed by atoms with Crippen LogP contribution in [-0.2, 0) is 11.5 Å². The Balaban J connectivity index is 1.54. The number of nitrogens with zero attached hydrogens (tertiary/aromatic N) is 6. The van der Waals surface area contributed by atoms with Crippen molar-refractivity contribution in [2.75, 3.05) is 6.61 Å². The number of rotatable bonds is 9. The Morgan fingerprint density at radius 1 is 1.26 bits per heavy atom. The summed E-state index contributed by atoms with van der Waals surface area (Å²) in [4.78, 5) is 9.06. The zero-order chi connectivity index (χ0) is 21.8. The van der Waals surface area contributed by atoms with Gasteiger partial charge in [-0.05, 0) is 30.9 Å². The van der Waals surface area contributed by atoms with Gasteiger partial charge in [-0.1, -0.05) is 32.5 Å². The monoisotopic (exact) mass is 436 g/mol. The molecule has 1 aliphatic carbocycles. The highest BCUT2D eigenvalue weighted by molar-refractivity contribution is 6.76. The highest BCUT2D eigenvalue weighted by atomic mass is 28.3. The van der Waals surface area contributed by atoms with Crippen LogP contribution >= 0.6 is 0 Å². The van der Waals surface area contributed by atoms with Gasteiger partial charge in [0.1, 0.15) is 18.7 Å². The van der Waals surface area contributed by atoms with Crippen molar-refractivity contribution in [3.8, 4) is 17.3 Å². The highest BCUT2D eigenvalue weighted by Crippen LogP contribution is 2.36. The normalized spacial score (nSPS) is 16.1. The third kappa shape index (κ3) is 5.05. The van der Waals surface area contributed by atoms with Crippen molar-refractivity contribution < 1.29 is 4.74 Å². The van der Waals surface area contributed by atoms with Crippen LogP contribution in [0.1, 0.15) is 38.1 Å². The van der Waals surface area contributed by atoms with Crippen LogP contribution in [-0.4, -0.2) is 39.0 Å². The van der Waals surface area contributed by atoms with Crippen LogP contribution in [0.2, 0.25) is 25.7 Å². The first-order chi connectivity index (χ1) is 15.0. The molecule has 0 amide bonds. The lowest BCUT2D eigenvalue weighted by Crippen LogP contribution is -2.22. The minimum absolute atomic E-state index is 0.142. The van der Waals surface area contributed by atoms with Gasteiger partial charge in [-0.3, -0.25) is 4.68 Å². The van der Waals surface area contributed by atoms with Crippen LogP contribution in [0.5, 0.6) is 0 Å². The van der Waals surface area contributed by atoms with Crippen LogP contribution in [0, 0.1) is 17.2 Å². The number of nitriles is 1. The van der Waals surface area contributed by atoms with Gasteiger partial charge in [-0.25, -0.2) is 9.97 Å². The van der Waals surface area contributed by atoms with E-state index in [1.807, 2.05) is 33.9 Å². The predicted octanol–water partition coefficient (Wildman–Crippen LogP) is 5.25. The number of ether oxygens (including phenoxy) is 1. The van der Waals surface area contributed by atoms with Crippen LogP contribution in [0.15, 0.2) is 31.0 Å². The van der Waals surface area contributed by atoms with Crippen LogP contribution in [0.3, 0.4) is 0 Å². The Morgan fingerprint density at radius 2 is 2.06 bits per heavy atom. The second-order valence-corrected chi connectivity index (χ2v) is 15.4. The summed E-state index contributed by atoms with van der Waals surface area (Å²) in [6, 6.07) is 5.70. The second kappa shape index (κ2) is 9.33. The number of fused-ring (bicyclic) bond motifs is 1. The van der Waals surface area contributed by atoms with Gasteiger partial charge < -0.3 is 9.30 Å². The van der Waals surface area contributed by atoms with Crippen LogP contribution in [0.25, 0.3) is 22.3 Å². The first-order valence-electron chi connectivity index (χ1n) is 11.3. The van der Waals surface area contributed by atoms with Crippen LogP contribution < -0.4 is 0 Å². The number of hydrogen-bond donors (Lipinski definition) is 0. The van der Waals surface area contributed by atoms with Crippen molar-refractivity contribution in [2.45, 2.75) is 70.6 Å². The topological polar surface area (TPSA) is 81.5 Å². The molecule has 3 aromatic rings. The molecule has 4 rings (SSSR count). The average molecular weight is 437 g/mol. The Labute approximate surface area is 185 Å². The Kier molecular flexibility index (Phi) is 6.53. The van der Waals surface area contributed by atoms with Gasteiger partial charge in [0.2, 0.25) is 0 Å². The summed E-state index contributed by atoms with van der Waals surface area (Å²) in [5.41, 5.74) is 2.71. The molecule has 1 aliphatic rings. The summed E-state index contributed by atoms with van der Waals surface area (Å²) in [6.07, 6.45) is 12.9. The Bertz CT molecular complexity index is 1050. The van der Waals surface area contributed by atoms with E-state index in [4.69, 9.17) is 4.74 Å². The third-order valence-corrected chi connectivity index (χ3v) is 7.95. The van der Waals surface area contributed by atoms with Gasteiger partial charge in [-0.2, -0.15) is 10.4 Å². The Morgan fingerprint density at radius 3 is 2.81 bits per heavy atom. The summed E-state index contributed by atoms with van der Waals surface area (Å²) in [5, 5.41) is 15.0. The molecule has 1 atom stereocenters. The molecule has 1 fully saturated rings. The first kappa shape index (κ1) is 21.7. The first-order valence-corrected chi connectivity index (χ1v) is 15.0. The molecular formula is C23H32N6OSi. The fraction of sp³-hybridized carbons (Fsp3) is 0.565. The number of hydrogen-bond acceptors (Lipinski definition) is 5. The smallest absolute Gasteiger partial charge is 0.145 e. The summed E-state index contributed by atoms with van der Waals surface area (Å²) in [5.74, 6) is 0.534. The van der Waals surface area contributed by atoms with E-state index in [0.29, 0.717) is 19.1 Å². The zero-order valence-corrected chi connectivity index (χ0v) is 19.8. The summed E-state index contributed by atoms with van der Waals surface area (Å²) >= 11 is 0. The van der Waals surface area contributed by atoms with Crippen LogP contribution in [0.4, 0.5) is 0 Å². The fourth-order valence-electron chi connectivity index (χ4n) is 4.43. The number of aromatic nitrogens is 5. The van der Waals surface area contributed by atoms with Gasteiger partial charge in [0.05, 0.1) is 30.4 Å². The predicted molar refractivity (Wildman–Crippen MR) is 124 cm³/mol. The van der Waals surface area contributed by atoms with Crippen molar-refractivity contribution in [3.63, 3.8) is 0 Å². The average Bonchev–Trinajstić information content (AvgIpc) is 3.50. The molecule has 0 spiro atoms. The van der Waals surface area contributed by atoms with Gasteiger partial charge in [0, 0.05) is 38.0 Å². The molecule has 1 unspecified atom stereocenters. The molecule has 0 aliphatic heterocycles. The molecule has 8 heteroatoms. The van der Waals surface area contributed by atoms with Gasteiger partial charge in [0.25, 0.3) is 0 Å². The summed E-state index contributed by atoms with van der Waals surface area (Å²) in [7, 11) is -1.10. The molecule has 0 aromatic carbocycles. The highest BCUT2D eigenvalue weighted by Gasteiger charge is 2.27. The molecule has 0 saturated heterocycles. The van der Waals surface area contributed by atoms with Crippen molar-refractivity contribution >= 4 is 19.1 Å². The molecule has 3 aromatic heterocycles. The maximum Gasteiger partial charge on any atom is 0.145 e. The molecule has 0 radical (unpaired) electrons. The van der Waals surface area contributed by atoms with Crippen molar-refractivity contribution in [1.29, 1.82) is 5.26 Å². The zero-order valence-electron chi connectivity index (χ0n) is 18.8. The molecule has 0 N–H and O–H groups in total. The van der Waals surface area contributed by atoms with Gasteiger partial charge >= 0.3 is 0 Å². The van der Waals surface area contributed by atoms with E-state index in [-0.39, 0.29) is 6.04 Å². The van der Waals surface area contributed by atoms with Crippen molar-refractivity contribution in [2.24, 2.45) is 5.92 Å². The molecular weight excluding hydrogens is 404 g/mol. The lowest BCUT2D eigenvalue weighted by Gasteiger charge is -2.21. The summed E-state index contributed by atoms with van der Waals surface area (Å²) in [6.45, 7) is 8.34. The third-order valence-electron chi connectivity index (χ3n) is 6.24. The molecule has 7 nitrogen and oxygen atoms in total. The minimum Gasteiger partial charge on any atom is -0.361 e. The minimum atomic E-state index is -1.10. The maximum atomic E-state index is 9.34. The quantitative estimate of drug-likeness (QED) is 0.338. The second-order valence-electron chi connectivity index (χ2n) is 9.78. The molecule has 3 heterocycles. The standard InChI is InChI=1S/C23H32N6OSi/c1-31(2,3)13-12-30-17-28-11-9-20-22(25-16-26-23(20)28)19-14-27-29(15-19)21(8-10-24)18-6-4-5-7-18/h9,11,14-16,18,21H,4-8,12-13,17H2,1-3H3. The van der Waals surface area contributed by atoms with Crippen molar-refractivity contribution in [1.82, 2.24) is 24.3 Å². The lowest BCUT2D eigenvalue weighted by atomic mass is 9.96.